The van der Waals surface area contributed by atoms with Crippen molar-refractivity contribution in [1.82, 2.24) is 0 Å². The molecule has 0 aromatic heterocycles. The van der Waals surface area contributed by atoms with Crippen LogP contribution in [0.1, 0.15) is 24.0 Å². The highest BCUT2D eigenvalue weighted by Crippen LogP contribution is 2.16. The van der Waals surface area contributed by atoms with Crippen LogP contribution in [0.25, 0.3) is 0 Å². The first-order valence-electron chi connectivity index (χ1n) is 7.09. The number of ether oxygens (including phenoxy) is 1. The zero-order valence-electron chi connectivity index (χ0n) is 11.4. The zero-order valence-corrected chi connectivity index (χ0v) is 12.1. The molecule has 1 aliphatic rings. The Balaban J connectivity index is 1.50. The average Bonchev–Trinajstić information content (AvgIpc) is 3.30. The Kier molecular flexibility index (Phi) is 4.24. The van der Waals surface area contributed by atoms with Crippen LogP contribution >= 0.6 is 11.6 Å². The van der Waals surface area contributed by atoms with E-state index >= 15 is 0 Å². The van der Waals surface area contributed by atoms with Crippen LogP contribution in [0, 0.1) is 0 Å². The normalized spacial score (nSPS) is 14.2. The van der Waals surface area contributed by atoms with Gasteiger partial charge in [0.05, 0.1) is 6.04 Å². The number of quaternary nitrogens is 1. The molecule has 2 aromatic carbocycles. The molecule has 0 amide bonds. The zero-order chi connectivity index (χ0) is 13.8. The molecule has 3 heteroatoms. The lowest BCUT2D eigenvalue weighted by atomic mass is 10.2. The maximum Gasteiger partial charge on any atom is 0.119 e. The Morgan fingerprint density at radius 1 is 0.950 bits per heavy atom. The summed E-state index contributed by atoms with van der Waals surface area (Å²) in [5.41, 5.74) is 2.48. The molecule has 0 spiro atoms. The molecule has 20 heavy (non-hydrogen) atoms. The summed E-state index contributed by atoms with van der Waals surface area (Å²) in [7, 11) is 0. The number of benzene rings is 2. The first kappa shape index (κ1) is 13.5. The molecule has 1 saturated carbocycles. The smallest absolute Gasteiger partial charge is 0.119 e. The molecule has 3 rings (SSSR count). The minimum absolute atomic E-state index is 0.574. The minimum Gasteiger partial charge on any atom is -0.489 e. The van der Waals surface area contributed by atoms with Gasteiger partial charge in [0, 0.05) is 23.4 Å². The van der Waals surface area contributed by atoms with Crippen LogP contribution in [-0.4, -0.2) is 6.04 Å². The summed E-state index contributed by atoms with van der Waals surface area (Å²) in [6, 6.07) is 17.0. The summed E-state index contributed by atoms with van der Waals surface area (Å²) >= 11 is 5.86. The van der Waals surface area contributed by atoms with Crippen LogP contribution < -0.4 is 10.1 Å². The van der Waals surface area contributed by atoms with E-state index < -0.39 is 0 Å². The van der Waals surface area contributed by atoms with Gasteiger partial charge in [-0.2, -0.15) is 0 Å². The molecule has 0 saturated heterocycles. The van der Waals surface area contributed by atoms with Gasteiger partial charge in [-0.1, -0.05) is 23.7 Å². The van der Waals surface area contributed by atoms with Gasteiger partial charge in [-0.25, -0.2) is 0 Å². The van der Waals surface area contributed by atoms with Crippen LogP contribution in [-0.2, 0) is 13.2 Å². The van der Waals surface area contributed by atoms with E-state index in [9.17, 15) is 0 Å². The molecule has 2 N–H and O–H groups in total. The van der Waals surface area contributed by atoms with Gasteiger partial charge < -0.3 is 10.1 Å². The lowest BCUT2D eigenvalue weighted by Gasteiger charge is -2.07. The molecular formula is C17H19ClNO+. The molecular weight excluding hydrogens is 270 g/mol. The van der Waals surface area contributed by atoms with E-state index in [1.165, 1.54) is 18.4 Å². The summed E-state index contributed by atoms with van der Waals surface area (Å²) in [5, 5.41) is 3.17. The van der Waals surface area contributed by atoms with Crippen LogP contribution in [0.15, 0.2) is 48.5 Å². The Bertz CT molecular complexity index is 546. The quantitative estimate of drug-likeness (QED) is 0.868. The van der Waals surface area contributed by atoms with E-state index in [4.69, 9.17) is 16.3 Å². The summed E-state index contributed by atoms with van der Waals surface area (Å²) < 4.78 is 5.77. The Hall–Kier alpha value is -1.51. The van der Waals surface area contributed by atoms with E-state index in [-0.39, 0.29) is 0 Å². The van der Waals surface area contributed by atoms with Crippen molar-refractivity contribution >= 4 is 11.6 Å². The molecule has 0 radical (unpaired) electrons. The SMILES string of the molecule is Clc1ccc(COc2ccc(C[NH2+]C3CC3)cc2)cc1. The van der Waals surface area contributed by atoms with Crippen molar-refractivity contribution in [2.45, 2.75) is 32.0 Å². The number of nitrogens with two attached hydrogens (primary N) is 1. The highest BCUT2D eigenvalue weighted by Gasteiger charge is 2.24. The van der Waals surface area contributed by atoms with Gasteiger partial charge in [0.15, 0.2) is 0 Å². The largest absolute Gasteiger partial charge is 0.489 e. The van der Waals surface area contributed by atoms with Crippen molar-refractivity contribution in [3.8, 4) is 5.75 Å². The second-order valence-electron chi connectivity index (χ2n) is 5.34. The third-order valence-electron chi connectivity index (χ3n) is 3.55. The van der Waals surface area contributed by atoms with E-state index in [2.05, 4.69) is 17.4 Å². The predicted octanol–water partition coefficient (Wildman–Crippen LogP) is 3.14. The van der Waals surface area contributed by atoms with Crippen molar-refractivity contribution < 1.29 is 10.1 Å². The lowest BCUT2D eigenvalue weighted by molar-refractivity contribution is -0.683. The second-order valence-corrected chi connectivity index (χ2v) is 5.77. The average molecular weight is 289 g/mol. The second kappa shape index (κ2) is 6.29. The minimum atomic E-state index is 0.574. The van der Waals surface area contributed by atoms with Crippen molar-refractivity contribution in [2.75, 3.05) is 0 Å². The third kappa shape index (κ3) is 3.99. The molecule has 0 heterocycles. The Morgan fingerprint density at radius 3 is 2.25 bits per heavy atom. The van der Waals surface area contributed by atoms with Gasteiger partial charge in [-0.05, 0) is 42.0 Å². The fourth-order valence-corrected chi connectivity index (χ4v) is 2.23. The van der Waals surface area contributed by atoms with Crippen LogP contribution in [0.3, 0.4) is 0 Å². The summed E-state index contributed by atoms with van der Waals surface area (Å²) in [6.45, 7) is 1.65. The van der Waals surface area contributed by atoms with Gasteiger partial charge in [0.1, 0.15) is 18.9 Å². The van der Waals surface area contributed by atoms with Gasteiger partial charge in [-0.3, -0.25) is 0 Å². The molecule has 0 aliphatic heterocycles. The van der Waals surface area contributed by atoms with E-state index in [0.29, 0.717) is 6.61 Å². The molecule has 1 fully saturated rings. The monoisotopic (exact) mass is 288 g/mol. The van der Waals surface area contributed by atoms with Crippen molar-refractivity contribution in [2.24, 2.45) is 0 Å². The molecule has 0 atom stereocenters. The lowest BCUT2D eigenvalue weighted by Crippen LogP contribution is -2.84. The van der Waals surface area contributed by atoms with Crippen LogP contribution in [0.5, 0.6) is 5.75 Å². The van der Waals surface area contributed by atoms with Crippen LogP contribution in [0.4, 0.5) is 0 Å². The van der Waals surface area contributed by atoms with Crippen LogP contribution in [0.2, 0.25) is 5.02 Å². The molecule has 2 nitrogen and oxygen atoms in total. The Labute approximate surface area is 124 Å². The topological polar surface area (TPSA) is 25.8 Å². The number of rotatable bonds is 6. The highest BCUT2D eigenvalue weighted by molar-refractivity contribution is 6.30. The number of halogens is 1. The maximum absolute atomic E-state index is 5.86. The van der Waals surface area contributed by atoms with Crippen molar-refractivity contribution in [1.29, 1.82) is 0 Å². The highest BCUT2D eigenvalue weighted by atomic mass is 35.5. The Morgan fingerprint density at radius 2 is 1.60 bits per heavy atom. The third-order valence-corrected chi connectivity index (χ3v) is 3.80. The maximum atomic E-state index is 5.86. The molecule has 104 valence electrons. The fraction of sp³-hybridized carbons (Fsp3) is 0.294. The van der Waals surface area contributed by atoms with Gasteiger partial charge in [0.25, 0.3) is 0 Å². The molecule has 2 aromatic rings. The van der Waals surface area contributed by atoms with E-state index in [1.54, 1.807) is 0 Å². The summed E-state index contributed by atoms with van der Waals surface area (Å²) in [6.07, 6.45) is 2.75. The fourth-order valence-electron chi connectivity index (χ4n) is 2.10. The van der Waals surface area contributed by atoms with Gasteiger partial charge in [-0.15, -0.1) is 0 Å². The van der Waals surface area contributed by atoms with E-state index in [0.717, 1.165) is 28.9 Å². The standard InChI is InChI=1S/C17H18ClNO/c18-15-5-1-14(2-6-15)12-20-17-9-3-13(4-10-17)11-19-16-7-8-16/h1-6,9-10,16,19H,7-8,11-12H2/p+1. The number of hydrogen-bond acceptors (Lipinski definition) is 1. The molecule has 0 unspecified atom stereocenters. The van der Waals surface area contributed by atoms with Crippen molar-refractivity contribution in [3.05, 3.63) is 64.7 Å². The molecule has 0 bridgehead atoms. The van der Waals surface area contributed by atoms with Gasteiger partial charge in [0.2, 0.25) is 0 Å². The van der Waals surface area contributed by atoms with E-state index in [1.807, 2.05) is 36.4 Å². The van der Waals surface area contributed by atoms with Crippen molar-refractivity contribution in [3.63, 3.8) is 0 Å². The first-order chi connectivity index (χ1) is 9.79. The van der Waals surface area contributed by atoms with Gasteiger partial charge >= 0.3 is 0 Å². The summed E-state index contributed by atoms with van der Waals surface area (Å²) in [4.78, 5) is 0. The number of hydrogen-bond donors (Lipinski definition) is 1. The first-order valence-corrected chi connectivity index (χ1v) is 7.47. The predicted molar refractivity (Wildman–Crippen MR) is 80.9 cm³/mol. The molecule has 1 aliphatic carbocycles. The summed E-state index contributed by atoms with van der Waals surface area (Å²) in [5.74, 6) is 0.912.